The number of hydrogen-bond donors (Lipinski definition) is 2. The molecule has 2 N–H and O–H groups in total. The van der Waals surface area contributed by atoms with Crippen LogP contribution in [0.3, 0.4) is 0 Å². The summed E-state index contributed by atoms with van der Waals surface area (Å²) in [6.45, 7) is 1.78. The van der Waals surface area contributed by atoms with Gasteiger partial charge in [-0.15, -0.1) is 0 Å². The van der Waals surface area contributed by atoms with E-state index in [1.165, 1.54) is 11.5 Å². The lowest BCUT2D eigenvalue weighted by molar-refractivity contribution is -0.114. The molecule has 7 heteroatoms. The van der Waals surface area contributed by atoms with Crippen LogP contribution in [-0.2, 0) is 11.3 Å². The van der Waals surface area contributed by atoms with Crippen molar-refractivity contribution in [2.45, 2.75) is 13.5 Å². The lowest BCUT2D eigenvalue weighted by Gasteiger charge is -2.08. The van der Waals surface area contributed by atoms with E-state index in [1.807, 2.05) is 30.3 Å². The van der Waals surface area contributed by atoms with Gasteiger partial charge in [-0.1, -0.05) is 30.3 Å². The van der Waals surface area contributed by atoms with Gasteiger partial charge in [0.2, 0.25) is 5.91 Å². The van der Waals surface area contributed by atoms with Crippen molar-refractivity contribution >= 4 is 34.3 Å². The topological polar surface area (TPSA) is 93.3 Å². The van der Waals surface area contributed by atoms with Gasteiger partial charge in [-0.2, -0.15) is 0 Å². The number of oxazole rings is 1. The Balaban J connectivity index is 1.58. The predicted octanol–water partition coefficient (Wildman–Crippen LogP) is 3.85. The monoisotopic (exact) mass is 401 g/mol. The Labute approximate surface area is 171 Å². The molecule has 1 heterocycles. The minimum Gasteiger partial charge on any atom is -0.408 e. The van der Waals surface area contributed by atoms with Crippen molar-refractivity contribution in [3.05, 3.63) is 94.5 Å². The summed E-state index contributed by atoms with van der Waals surface area (Å²) >= 11 is 0. The van der Waals surface area contributed by atoms with Crippen molar-refractivity contribution in [1.29, 1.82) is 0 Å². The van der Waals surface area contributed by atoms with E-state index < -0.39 is 5.76 Å². The molecule has 30 heavy (non-hydrogen) atoms. The van der Waals surface area contributed by atoms with E-state index in [4.69, 9.17) is 4.42 Å². The van der Waals surface area contributed by atoms with Crippen LogP contribution in [0.5, 0.6) is 0 Å². The lowest BCUT2D eigenvalue weighted by Crippen LogP contribution is -2.15. The van der Waals surface area contributed by atoms with Crippen LogP contribution in [-0.4, -0.2) is 16.4 Å². The van der Waals surface area contributed by atoms with Crippen LogP contribution in [0.25, 0.3) is 11.1 Å². The highest BCUT2D eigenvalue weighted by Gasteiger charge is 2.14. The van der Waals surface area contributed by atoms with Crippen LogP contribution in [0.1, 0.15) is 22.8 Å². The van der Waals surface area contributed by atoms with Gasteiger partial charge in [0.25, 0.3) is 5.91 Å². The summed E-state index contributed by atoms with van der Waals surface area (Å²) < 4.78 is 6.81. The van der Waals surface area contributed by atoms with Crippen molar-refractivity contribution in [2.24, 2.45) is 0 Å². The molecule has 0 fully saturated rings. The zero-order valence-electron chi connectivity index (χ0n) is 16.2. The number of amides is 2. The molecule has 4 aromatic rings. The third-order valence-electron chi connectivity index (χ3n) is 4.58. The number of aromatic nitrogens is 1. The zero-order valence-corrected chi connectivity index (χ0v) is 16.2. The largest absolute Gasteiger partial charge is 0.420 e. The Morgan fingerprint density at radius 2 is 1.57 bits per heavy atom. The number of fused-ring (bicyclic) bond motifs is 1. The summed E-state index contributed by atoms with van der Waals surface area (Å²) in [4.78, 5) is 36.1. The van der Waals surface area contributed by atoms with Gasteiger partial charge >= 0.3 is 5.76 Å². The van der Waals surface area contributed by atoms with Crippen molar-refractivity contribution in [3.63, 3.8) is 0 Å². The van der Waals surface area contributed by atoms with Gasteiger partial charge < -0.3 is 15.1 Å². The molecule has 0 radical (unpaired) electrons. The Morgan fingerprint density at radius 3 is 2.23 bits per heavy atom. The Hall–Kier alpha value is -4.13. The van der Waals surface area contributed by atoms with Crippen LogP contribution in [0, 0.1) is 0 Å². The molecule has 0 bridgehead atoms. The fraction of sp³-hybridized carbons (Fsp3) is 0.0870. The van der Waals surface area contributed by atoms with E-state index in [2.05, 4.69) is 10.6 Å². The van der Waals surface area contributed by atoms with Crippen molar-refractivity contribution < 1.29 is 14.0 Å². The molecule has 4 rings (SSSR count). The highest BCUT2D eigenvalue weighted by Crippen LogP contribution is 2.19. The molecule has 1 aromatic heterocycles. The molecule has 3 aromatic carbocycles. The molecule has 0 aliphatic carbocycles. The van der Waals surface area contributed by atoms with Crippen molar-refractivity contribution in [1.82, 2.24) is 4.57 Å². The first-order valence-corrected chi connectivity index (χ1v) is 9.36. The van der Waals surface area contributed by atoms with Crippen LogP contribution in [0.2, 0.25) is 0 Å². The molecule has 0 saturated carbocycles. The summed E-state index contributed by atoms with van der Waals surface area (Å²) in [6, 6.07) is 21.2. The summed E-state index contributed by atoms with van der Waals surface area (Å²) in [5.74, 6) is -0.953. The van der Waals surface area contributed by atoms with Crippen molar-refractivity contribution in [3.8, 4) is 0 Å². The van der Waals surface area contributed by atoms with Gasteiger partial charge in [0.15, 0.2) is 5.58 Å². The summed E-state index contributed by atoms with van der Waals surface area (Å²) in [5, 5.41) is 5.48. The second-order valence-electron chi connectivity index (χ2n) is 6.83. The van der Waals surface area contributed by atoms with Crippen LogP contribution >= 0.6 is 0 Å². The molecule has 0 aliphatic rings. The highest BCUT2D eigenvalue weighted by atomic mass is 16.4. The predicted molar refractivity (Wildman–Crippen MR) is 115 cm³/mol. The maximum absolute atomic E-state index is 12.7. The van der Waals surface area contributed by atoms with Gasteiger partial charge in [0, 0.05) is 23.9 Å². The minimum atomic E-state index is -0.472. The third kappa shape index (κ3) is 4.15. The smallest absolute Gasteiger partial charge is 0.408 e. The maximum atomic E-state index is 12.7. The van der Waals surface area contributed by atoms with E-state index in [9.17, 15) is 14.4 Å². The first-order chi connectivity index (χ1) is 14.5. The minimum absolute atomic E-state index is 0.165. The lowest BCUT2D eigenvalue weighted by atomic mass is 10.1. The molecule has 0 spiro atoms. The molecule has 2 amide bonds. The van der Waals surface area contributed by atoms with Gasteiger partial charge in [-0.3, -0.25) is 14.2 Å². The number of benzene rings is 3. The fourth-order valence-electron chi connectivity index (χ4n) is 3.16. The van der Waals surface area contributed by atoms with E-state index in [1.54, 1.807) is 42.5 Å². The second-order valence-corrected chi connectivity index (χ2v) is 6.83. The first kappa shape index (κ1) is 19.2. The second kappa shape index (κ2) is 8.08. The number of hydrogen-bond acceptors (Lipinski definition) is 4. The molecule has 0 atom stereocenters. The number of carbonyl (C=O) groups is 2. The average molecular weight is 401 g/mol. The Kier molecular flexibility index (Phi) is 5.17. The van der Waals surface area contributed by atoms with E-state index in [-0.39, 0.29) is 11.8 Å². The number of anilines is 2. The molecule has 0 saturated heterocycles. The van der Waals surface area contributed by atoms with Crippen LogP contribution in [0.4, 0.5) is 11.4 Å². The zero-order chi connectivity index (χ0) is 21.1. The van der Waals surface area contributed by atoms with Crippen LogP contribution < -0.4 is 16.4 Å². The molecule has 0 aliphatic heterocycles. The number of nitrogens with one attached hydrogen (secondary N) is 2. The number of rotatable bonds is 5. The van der Waals surface area contributed by atoms with Gasteiger partial charge in [-0.05, 0) is 48.0 Å². The van der Waals surface area contributed by atoms with E-state index >= 15 is 0 Å². The summed E-state index contributed by atoms with van der Waals surface area (Å²) in [6.07, 6.45) is 0. The molecule has 0 unspecified atom stereocenters. The van der Waals surface area contributed by atoms with Gasteiger partial charge in [0.05, 0.1) is 12.1 Å². The Morgan fingerprint density at radius 1 is 0.900 bits per heavy atom. The third-order valence-corrected chi connectivity index (χ3v) is 4.58. The standard InChI is InChI=1S/C23H19N3O4/c1-15(27)24-18-8-10-19(11-9-18)25-22(28)17-7-12-21-20(13-17)26(23(29)30-21)14-16-5-3-2-4-6-16/h2-13H,14H2,1H3,(H,24,27)(H,25,28). The summed E-state index contributed by atoms with van der Waals surface area (Å²) in [5.41, 5.74) is 3.56. The summed E-state index contributed by atoms with van der Waals surface area (Å²) in [7, 11) is 0. The molecular formula is C23H19N3O4. The maximum Gasteiger partial charge on any atom is 0.420 e. The fourth-order valence-corrected chi connectivity index (χ4v) is 3.16. The average Bonchev–Trinajstić information content (AvgIpc) is 3.04. The highest BCUT2D eigenvalue weighted by molar-refractivity contribution is 6.06. The number of carbonyl (C=O) groups excluding carboxylic acids is 2. The van der Waals surface area contributed by atoms with Crippen molar-refractivity contribution in [2.75, 3.05) is 10.6 Å². The molecule has 7 nitrogen and oxygen atoms in total. The molecular weight excluding hydrogens is 382 g/mol. The number of nitrogens with zero attached hydrogens (tertiary/aromatic N) is 1. The van der Waals surface area contributed by atoms with Gasteiger partial charge in [-0.25, -0.2) is 4.79 Å². The Bertz CT molecular complexity index is 1270. The van der Waals surface area contributed by atoms with E-state index in [0.29, 0.717) is 34.6 Å². The van der Waals surface area contributed by atoms with Gasteiger partial charge in [0.1, 0.15) is 0 Å². The molecule has 150 valence electrons. The van der Waals surface area contributed by atoms with Crippen LogP contribution in [0.15, 0.2) is 82.0 Å². The first-order valence-electron chi connectivity index (χ1n) is 9.36. The normalized spacial score (nSPS) is 10.7. The van der Waals surface area contributed by atoms with E-state index in [0.717, 1.165) is 5.56 Å². The quantitative estimate of drug-likeness (QED) is 0.531. The SMILES string of the molecule is CC(=O)Nc1ccc(NC(=O)c2ccc3oc(=O)n(Cc4ccccc4)c3c2)cc1.